The van der Waals surface area contributed by atoms with E-state index in [1.807, 2.05) is 25.1 Å². The van der Waals surface area contributed by atoms with E-state index in [-0.39, 0.29) is 5.97 Å². The normalized spacial score (nSPS) is 10.9. The van der Waals surface area contributed by atoms with E-state index in [4.69, 9.17) is 4.74 Å². The molecular formula is C13H15I3NO2+. The summed E-state index contributed by atoms with van der Waals surface area (Å²) in [6, 6.07) is 3.92. The maximum Gasteiger partial charge on any atom is 0.339 e. The number of esters is 1. The lowest BCUT2D eigenvalue weighted by molar-refractivity contribution is -0.646. The molecule has 0 atom stereocenters. The summed E-state index contributed by atoms with van der Waals surface area (Å²) in [6.07, 6.45) is 4.09. The summed E-state index contributed by atoms with van der Waals surface area (Å²) < 4.78 is 8.38. The number of hydrogen-bond acceptors (Lipinski definition) is 2. The molecule has 0 spiro atoms. The fourth-order valence-electron chi connectivity index (χ4n) is 1.37. The predicted octanol–water partition coefficient (Wildman–Crippen LogP) is 2.80. The third-order valence-corrected chi connectivity index (χ3v) is 5.97. The van der Waals surface area contributed by atoms with E-state index in [1.165, 1.54) is 0 Å². The summed E-state index contributed by atoms with van der Waals surface area (Å²) >= 11 is 6.63. The molecule has 0 aromatic heterocycles. The number of ether oxygens (including phenoxy) is 1. The smallest absolute Gasteiger partial charge is 0.339 e. The van der Waals surface area contributed by atoms with Crippen LogP contribution in [-0.4, -0.2) is 25.7 Å². The maximum atomic E-state index is 12.0. The summed E-state index contributed by atoms with van der Waals surface area (Å²) in [5, 5.41) is 2.11. The van der Waals surface area contributed by atoms with Crippen LogP contribution < -0.4 is 5.32 Å². The lowest BCUT2D eigenvalue weighted by Crippen LogP contribution is -2.84. The topological polar surface area (TPSA) is 42.9 Å². The van der Waals surface area contributed by atoms with Crippen molar-refractivity contribution >= 4 is 73.7 Å². The number of benzene rings is 1. The molecule has 6 heteroatoms. The number of nitrogens with two attached hydrogens (primary N) is 1. The predicted molar refractivity (Wildman–Crippen MR) is 101 cm³/mol. The molecule has 2 N–H and O–H groups in total. The van der Waals surface area contributed by atoms with Gasteiger partial charge in [0.1, 0.15) is 13.2 Å². The number of carbonyl (C=O) groups is 1. The molecular weight excluding hydrogens is 583 g/mol. The molecule has 0 saturated heterocycles. The second-order valence-electron chi connectivity index (χ2n) is 3.77. The second kappa shape index (κ2) is 9.50. The van der Waals surface area contributed by atoms with Gasteiger partial charge in [0, 0.05) is 10.7 Å². The Morgan fingerprint density at radius 3 is 2.79 bits per heavy atom. The lowest BCUT2D eigenvalue weighted by Gasteiger charge is -2.07. The van der Waals surface area contributed by atoms with Crippen molar-refractivity contribution < 1.29 is 14.8 Å². The van der Waals surface area contributed by atoms with E-state index in [9.17, 15) is 4.79 Å². The molecule has 0 amide bonds. The average Bonchev–Trinajstić information content (AvgIpc) is 2.37. The Bertz CT molecular complexity index is 475. The van der Waals surface area contributed by atoms with Gasteiger partial charge in [0.05, 0.1) is 12.1 Å². The first-order valence-electron chi connectivity index (χ1n) is 5.80. The summed E-state index contributed by atoms with van der Waals surface area (Å²) in [7, 11) is 0. The largest absolute Gasteiger partial charge is 0.456 e. The van der Waals surface area contributed by atoms with Gasteiger partial charge in [-0.25, -0.2) is 4.79 Å². The van der Waals surface area contributed by atoms with Gasteiger partial charge in [0.25, 0.3) is 0 Å². The molecule has 19 heavy (non-hydrogen) atoms. The molecule has 0 aliphatic heterocycles. The summed E-state index contributed by atoms with van der Waals surface area (Å²) in [4.78, 5) is 12.0. The monoisotopic (exact) mass is 598 g/mol. The highest BCUT2D eigenvalue weighted by Gasteiger charge is 2.14. The molecule has 0 bridgehead atoms. The zero-order valence-corrected chi connectivity index (χ0v) is 16.9. The highest BCUT2D eigenvalue weighted by Crippen LogP contribution is 2.23. The number of allylic oxidation sites excluding steroid dienone is 1. The van der Waals surface area contributed by atoms with Crippen molar-refractivity contribution in [2.24, 2.45) is 0 Å². The zero-order valence-electron chi connectivity index (χ0n) is 10.5. The molecule has 1 rings (SSSR count). The average molecular weight is 598 g/mol. The fraction of sp³-hybridized carbons (Fsp3) is 0.308. The van der Waals surface area contributed by atoms with Gasteiger partial charge in [-0.1, -0.05) is 6.08 Å². The first kappa shape index (κ1) is 17.6. The Labute approximate surface area is 154 Å². The molecule has 1 aromatic carbocycles. The van der Waals surface area contributed by atoms with Crippen molar-refractivity contribution in [1.29, 1.82) is 0 Å². The van der Waals surface area contributed by atoms with Gasteiger partial charge in [-0.3, -0.25) is 0 Å². The van der Waals surface area contributed by atoms with Crippen LogP contribution in [0.3, 0.4) is 0 Å². The van der Waals surface area contributed by atoms with Crippen LogP contribution in [0.1, 0.15) is 17.3 Å². The first-order valence-corrected chi connectivity index (χ1v) is 9.04. The Kier molecular flexibility index (Phi) is 8.82. The van der Waals surface area contributed by atoms with E-state index < -0.39 is 0 Å². The Morgan fingerprint density at radius 2 is 2.11 bits per heavy atom. The molecule has 0 unspecified atom stereocenters. The molecule has 0 fully saturated rings. The van der Waals surface area contributed by atoms with Gasteiger partial charge < -0.3 is 10.1 Å². The minimum atomic E-state index is -0.236. The Morgan fingerprint density at radius 1 is 1.37 bits per heavy atom. The molecule has 104 valence electrons. The summed E-state index contributed by atoms with van der Waals surface area (Å²) in [6.45, 7) is 4.14. The van der Waals surface area contributed by atoms with Gasteiger partial charge in [0.15, 0.2) is 0 Å². The fourth-order valence-corrected chi connectivity index (χ4v) is 3.74. The van der Waals surface area contributed by atoms with Gasteiger partial charge >= 0.3 is 5.97 Å². The lowest BCUT2D eigenvalue weighted by atomic mass is 10.2. The van der Waals surface area contributed by atoms with Crippen LogP contribution >= 0.6 is 67.8 Å². The molecule has 0 radical (unpaired) electrons. The zero-order chi connectivity index (χ0) is 14.3. The number of carbonyl (C=O) groups excluding carboxylic acids is 1. The van der Waals surface area contributed by atoms with E-state index in [0.717, 1.165) is 23.8 Å². The highest BCUT2D eigenvalue weighted by molar-refractivity contribution is 14.1. The quantitative estimate of drug-likeness (QED) is 0.180. The van der Waals surface area contributed by atoms with E-state index in [2.05, 4.69) is 79.2 Å². The van der Waals surface area contributed by atoms with E-state index in [1.54, 1.807) is 0 Å². The van der Waals surface area contributed by atoms with Crippen LogP contribution in [-0.2, 0) is 4.74 Å². The van der Waals surface area contributed by atoms with Crippen molar-refractivity contribution in [3.8, 4) is 0 Å². The number of rotatable bonds is 6. The van der Waals surface area contributed by atoms with Gasteiger partial charge in [0.2, 0.25) is 0 Å². The number of quaternary nitrogens is 1. The molecule has 0 aliphatic rings. The van der Waals surface area contributed by atoms with Crippen LogP contribution in [0, 0.1) is 10.7 Å². The van der Waals surface area contributed by atoms with E-state index >= 15 is 0 Å². The van der Waals surface area contributed by atoms with Crippen LogP contribution in [0.2, 0.25) is 0 Å². The molecule has 1 aromatic rings. The minimum absolute atomic E-state index is 0.236. The van der Waals surface area contributed by atoms with Crippen molar-refractivity contribution in [3.63, 3.8) is 0 Å². The maximum absolute atomic E-state index is 12.0. The van der Waals surface area contributed by atoms with Crippen molar-refractivity contribution in [2.75, 3.05) is 19.7 Å². The SMILES string of the molecule is C/C=C/C[NH2+]CCOC(=O)c1cc(I)cc(I)c1I. The third kappa shape index (κ3) is 6.25. The van der Waals surface area contributed by atoms with Crippen LogP contribution in [0.25, 0.3) is 0 Å². The molecule has 0 saturated carbocycles. The van der Waals surface area contributed by atoms with Crippen LogP contribution in [0.15, 0.2) is 24.3 Å². The molecule has 0 aliphatic carbocycles. The Hall–Kier alpha value is 0.580. The van der Waals surface area contributed by atoms with Crippen LogP contribution in [0.5, 0.6) is 0 Å². The molecule has 0 heterocycles. The standard InChI is InChI=1S/C13H14I3NO2/c1-2-3-4-17-5-6-19-13(18)10-7-9(14)8-11(15)12(10)16/h2-3,7-8,17H,4-6H2,1H3/p+1/b3-2+. The van der Waals surface area contributed by atoms with Gasteiger partial charge in [-0.15, -0.1) is 0 Å². The van der Waals surface area contributed by atoms with Gasteiger partial charge in [-0.05, 0) is 92.9 Å². The van der Waals surface area contributed by atoms with Crippen LogP contribution in [0.4, 0.5) is 0 Å². The second-order valence-corrected chi connectivity index (χ2v) is 7.25. The number of halogens is 3. The van der Waals surface area contributed by atoms with Crippen molar-refractivity contribution in [2.45, 2.75) is 6.92 Å². The van der Waals surface area contributed by atoms with E-state index in [0.29, 0.717) is 12.2 Å². The van der Waals surface area contributed by atoms with Crippen molar-refractivity contribution in [3.05, 3.63) is 40.6 Å². The minimum Gasteiger partial charge on any atom is -0.456 e. The first-order chi connectivity index (χ1) is 9.06. The highest BCUT2D eigenvalue weighted by atomic mass is 127. The third-order valence-electron chi connectivity index (χ3n) is 2.31. The summed E-state index contributed by atoms with van der Waals surface area (Å²) in [5.41, 5.74) is 0.658. The number of hydrogen-bond donors (Lipinski definition) is 1. The Balaban J connectivity index is 2.50. The summed E-state index contributed by atoms with van der Waals surface area (Å²) in [5.74, 6) is -0.236. The molecule has 3 nitrogen and oxygen atoms in total. The van der Waals surface area contributed by atoms with Gasteiger partial charge in [-0.2, -0.15) is 0 Å². The van der Waals surface area contributed by atoms with Crippen molar-refractivity contribution in [1.82, 2.24) is 0 Å².